The number of ether oxygens (including phenoxy) is 1. The first-order valence-corrected chi connectivity index (χ1v) is 6.80. The highest BCUT2D eigenvalue weighted by Crippen LogP contribution is 1.98. The number of carbonyl (C=O) groups excluding carboxylic acids is 1. The molecule has 112 valence electrons. The van der Waals surface area contributed by atoms with E-state index in [4.69, 9.17) is 9.84 Å². The Morgan fingerprint density at radius 1 is 1.05 bits per heavy atom. The molecular weight excluding hydrogens is 268 g/mol. The maximum Gasteiger partial charge on any atom is 0.310 e. The number of aliphatic hydroxyl groups is 1. The van der Waals surface area contributed by atoms with Crippen molar-refractivity contribution in [2.45, 2.75) is 19.8 Å². The average molecular weight is 288 g/mol. The molecule has 2 aromatic rings. The van der Waals surface area contributed by atoms with E-state index in [1.807, 2.05) is 12.1 Å². The summed E-state index contributed by atoms with van der Waals surface area (Å²) in [5.41, 5.74) is 2.07. The van der Waals surface area contributed by atoms with Gasteiger partial charge in [-0.25, -0.2) is 0 Å². The molecule has 0 saturated carbocycles. The van der Waals surface area contributed by atoms with E-state index in [9.17, 15) is 4.79 Å². The minimum Gasteiger partial charge on any atom is -0.466 e. The summed E-state index contributed by atoms with van der Waals surface area (Å²) in [5, 5.41) is 8.50. The van der Waals surface area contributed by atoms with Gasteiger partial charge in [-0.3, -0.25) is 14.8 Å². The van der Waals surface area contributed by atoms with Gasteiger partial charge in [0.25, 0.3) is 0 Å². The maximum atomic E-state index is 11.0. The third kappa shape index (κ3) is 7.79. The third-order valence-corrected chi connectivity index (χ3v) is 2.55. The van der Waals surface area contributed by atoms with Gasteiger partial charge in [-0.15, -0.1) is 0 Å². The molecule has 2 rings (SSSR count). The van der Waals surface area contributed by atoms with E-state index in [0.717, 1.165) is 17.5 Å². The summed E-state index contributed by atoms with van der Waals surface area (Å²) < 4.78 is 4.79. The first kappa shape index (κ1) is 16.8. The first-order valence-electron chi connectivity index (χ1n) is 6.80. The summed E-state index contributed by atoms with van der Waals surface area (Å²) in [7, 11) is 0. The number of esters is 1. The Kier molecular flexibility index (Phi) is 8.40. The largest absolute Gasteiger partial charge is 0.466 e. The minimum absolute atomic E-state index is 0.191. The fourth-order valence-electron chi connectivity index (χ4n) is 1.56. The van der Waals surface area contributed by atoms with Crippen LogP contribution in [0.2, 0.25) is 0 Å². The molecular formula is C16H20N2O3. The van der Waals surface area contributed by atoms with Crippen molar-refractivity contribution in [2.75, 3.05) is 13.2 Å². The molecule has 0 saturated heterocycles. The van der Waals surface area contributed by atoms with Crippen LogP contribution >= 0.6 is 0 Å². The zero-order valence-corrected chi connectivity index (χ0v) is 12.1. The van der Waals surface area contributed by atoms with Crippen LogP contribution in [0.3, 0.4) is 0 Å². The molecule has 1 N–H and O–H groups in total. The molecule has 5 heteroatoms. The van der Waals surface area contributed by atoms with Crippen molar-refractivity contribution in [1.29, 1.82) is 0 Å². The molecule has 0 unspecified atom stereocenters. The van der Waals surface area contributed by atoms with Gasteiger partial charge in [0.15, 0.2) is 0 Å². The quantitative estimate of drug-likeness (QED) is 0.849. The predicted octanol–water partition coefficient (Wildman–Crippen LogP) is 1.80. The van der Waals surface area contributed by atoms with Gasteiger partial charge in [-0.2, -0.15) is 0 Å². The van der Waals surface area contributed by atoms with E-state index in [-0.39, 0.29) is 12.6 Å². The van der Waals surface area contributed by atoms with Crippen molar-refractivity contribution in [1.82, 2.24) is 9.97 Å². The van der Waals surface area contributed by atoms with Gasteiger partial charge in [0.2, 0.25) is 0 Å². The summed E-state index contributed by atoms with van der Waals surface area (Å²) in [6, 6.07) is 7.40. The molecule has 0 aliphatic carbocycles. The van der Waals surface area contributed by atoms with Crippen molar-refractivity contribution in [3.05, 3.63) is 60.2 Å². The molecule has 5 nitrogen and oxygen atoms in total. The van der Waals surface area contributed by atoms with Crippen LogP contribution in [-0.4, -0.2) is 34.3 Å². The number of hydrogen-bond acceptors (Lipinski definition) is 5. The Bertz CT molecular complexity index is 503. The second-order valence-corrected chi connectivity index (χ2v) is 4.17. The van der Waals surface area contributed by atoms with Crippen LogP contribution in [0.1, 0.15) is 18.1 Å². The van der Waals surface area contributed by atoms with Crippen molar-refractivity contribution < 1.29 is 14.6 Å². The molecule has 0 bridgehead atoms. The number of aliphatic hydroxyl groups excluding tert-OH is 1. The molecule has 0 spiro atoms. The molecule has 0 aliphatic heterocycles. The molecule has 0 amide bonds. The highest BCUT2D eigenvalue weighted by Gasteiger charge is 2.01. The lowest BCUT2D eigenvalue weighted by molar-refractivity contribution is -0.142. The Labute approximate surface area is 124 Å². The fraction of sp³-hybridized carbons (Fsp3) is 0.312. The molecule has 2 aromatic heterocycles. The van der Waals surface area contributed by atoms with Crippen LogP contribution in [0.4, 0.5) is 0 Å². The van der Waals surface area contributed by atoms with E-state index < -0.39 is 0 Å². The molecule has 0 aromatic carbocycles. The molecule has 0 aliphatic rings. The molecule has 21 heavy (non-hydrogen) atoms. The van der Waals surface area contributed by atoms with Crippen LogP contribution in [0.15, 0.2) is 49.1 Å². The van der Waals surface area contributed by atoms with Crippen molar-refractivity contribution >= 4 is 5.97 Å². The topological polar surface area (TPSA) is 72.3 Å². The lowest BCUT2D eigenvalue weighted by Gasteiger charge is -2.00. The number of hydrogen-bond donors (Lipinski definition) is 1. The van der Waals surface area contributed by atoms with Gasteiger partial charge in [0, 0.05) is 31.4 Å². The maximum absolute atomic E-state index is 11.0. The van der Waals surface area contributed by atoms with Crippen LogP contribution in [0.25, 0.3) is 0 Å². The zero-order chi connectivity index (χ0) is 15.3. The van der Waals surface area contributed by atoms with Crippen LogP contribution in [0.5, 0.6) is 0 Å². The molecule has 0 radical (unpaired) electrons. The predicted molar refractivity (Wildman–Crippen MR) is 79.6 cm³/mol. The number of aromatic nitrogens is 2. The number of carbonyl (C=O) groups is 1. The van der Waals surface area contributed by atoms with E-state index in [1.165, 1.54) is 0 Å². The second-order valence-electron chi connectivity index (χ2n) is 4.17. The lowest BCUT2D eigenvalue weighted by atomic mass is 10.2. The highest BCUT2D eigenvalue weighted by molar-refractivity contribution is 5.72. The Balaban J connectivity index is 0.000000219. The Hall–Kier alpha value is -2.27. The monoisotopic (exact) mass is 288 g/mol. The molecule has 0 atom stereocenters. The van der Waals surface area contributed by atoms with E-state index in [0.29, 0.717) is 13.0 Å². The van der Waals surface area contributed by atoms with Gasteiger partial charge in [0.1, 0.15) is 0 Å². The zero-order valence-electron chi connectivity index (χ0n) is 12.1. The molecule has 0 fully saturated rings. The summed E-state index contributed by atoms with van der Waals surface area (Å²) in [5.74, 6) is -0.191. The van der Waals surface area contributed by atoms with Crippen molar-refractivity contribution in [2.24, 2.45) is 0 Å². The minimum atomic E-state index is -0.191. The average Bonchev–Trinajstić information content (AvgIpc) is 2.50. The van der Waals surface area contributed by atoms with E-state index >= 15 is 0 Å². The smallest absolute Gasteiger partial charge is 0.310 e. The summed E-state index contributed by atoms with van der Waals surface area (Å²) in [6.45, 7) is 2.44. The van der Waals surface area contributed by atoms with Crippen molar-refractivity contribution in [3.63, 3.8) is 0 Å². The summed E-state index contributed by atoms with van der Waals surface area (Å²) in [6.07, 6.45) is 7.83. The van der Waals surface area contributed by atoms with E-state index in [2.05, 4.69) is 9.97 Å². The van der Waals surface area contributed by atoms with Crippen LogP contribution in [-0.2, 0) is 22.4 Å². The Morgan fingerprint density at radius 3 is 2.05 bits per heavy atom. The van der Waals surface area contributed by atoms with Crippen LogP contribution < -0.4 is 0 Å². The van der Waals surface area contributed by atoms with Gasteiger partial charge < -0.3 is 9.84 Å². The van der Waals surface area contributed by atoms with Gasteiger partial charge in [0.05, 0.1) is 13.0 Å². The van der Waals surface area contributed by atoms with E-state index in [1.54, 1.807) is 43.8 Å². The highest BCUT2D eigenvalue weighted by atomic mass is 16.5. The Morgan fingerprint density at radius 2 is 1.57 bits per heavy atom. The van der Waals surface area contributed by atoms with Gasteiger partial charge >= 0.3 is 5.97 Å². The number of rotatable bonds is 5. The number of pyridine rings is 2. The number of nitrogens with zero attached hydrogens (tertiary/aromatic N) is 2. The van der Waals surface area contributed by atoms with Gasteiger partial charge in [-0.05, 0) is 48.7 Å². The standard InChI is InChI=1S/C9H11NO2.C7H9NO/c1-2-12-9(11)7-8-3-5-10-6-4-8;9-6-3-7-1-4-8-5-2-7/h3-6H,2,7H2,1H3;1-2,4-5,9H,3,6H2. The second kappa shape index (κ2) is 10.5. The van der Waals surface area contributed by atoms with Gasteiger partial charge in [-0.1, -0.05) is 0 Å². The third-order valence-electron chi connectivity index (χ3n) is 2.55. The van der Waals surface area contributed by atoms with Crippen LogP contribution in [0, 0.1) is 0 Å². The summed E-state index contributed by atoms with van der Waals surface area (Å²) >= 11 is 0. The summed E-state index contributed by atoms with van der Waals surface area (Å²) in [4.78, 5) is 18.7. The molecule has 2 heterocycles. The normalized spacial score (nSPS) is 9.43. The first-order chi connectivity index (χ1) is 10.3. The SMILES string of the molecule is CCOC(=O)Cc1ccncc1.OCCc1ccncc1. The van der Waals surface area contributed by atoms with Crippen molar-refractivity contribution in [3.8, 4) is 0 Å². The lowest BCUT2D eigenvalue weighted by Crippen LogP contribution is -2.07. The fourth-order valence-corrected chi connectivity index (χ4v) is 1.56.